The van der Waals surface area contributed by atoms with Gasteiger partial charge >= 0.3 is 0 Å². The quantitative estimate of drug-likeness (QED) is 0.648. The average Bonchev–Trinajstić information content (AvgIpc) is 3.00. The number of methoxy groups -OCH3 is 1. The van der Waals surface area contributed by atoms with Gasteiger partial charge in [0.25, 0.3) is 5.56 Å². The third-order valence-corrected chi connectivity index (χ3v) is 4.16. The zero-order valence-electron chi connectivity index (χ0n) is 15.3. The Morgan fingerprint density at radius 3 is 2.85 bits per heavy atom. The van der Waals surface area contributed by atoms with Gasteiger partial charge in [0.2, 0.25) is 11.5 Å². The minimum atomic E-state index is -0.351. The molecule has 7 nitrogen and oxygen atoms in total. The van der Waals surface area contributed by atoms with Gasteiger partial charge in [0, 0.05) is 25.6 Å². The fourth-order valence-corrected chi connectivity index (χ4v) is 2.93. The Morgan fingerprint density at radius 2 is 2.12 bits per heavy atom. The van der Waals surface area contributed by atoms with E-state index in [0.717, 1.165) is 5.39 Å². The van der Waals surface area contributed by atoms with Crippen molar-refractivity contribution < 1.29 is 13.9 Å². The number of ether oxygens (including phenoxy) is 1. The van der Waals surface area contributed by atoms with Gasteiger partial charge < -0.3 is 14.1 Å². The smallest absolute Gasteiger partial charge is 0.297 e. The predicted molar refractivity (Wildman–Crippen MR) is 99.1 cm³/mol. The van der Waals surface area contributed by atoms with Crippen LogP contribution in [0.5, 0.6) is 0 Å². The summed E-state index contributed by atoms with van der Waals surface area (Å²) in [6.45, 7) is 5.56. The standard InChI is InChI=1S/C19H23N3O4/c1-13(2)10-21(8-9-25-3)16(23)11-22-12-20-17-14-6-4-5-7-15(14)26-18(17)19(22)24/h4-7,12-13H,8-11H2,1-3H3. The minimum absolute atomic E-state index is 0.0742. The number of hydrogen-bond donors (Lipinski definition) is 0. The molecule has 2 aromatic heterocycles. The molecular weight excluding hydrogens is 334 g/mol. The highest BCUT2D eigenvalue weighted by atomic mass is 16.5. The lowest BCUT2D eigenvalue weighted by molar-refractivity contribution is -0.133. The summed E-state index contributed by atoms with van der Waals surface area (Å²) >= 11 is 0. The maximum Gasteiger partial charge on any atom is 0.297 e. The second-order valence-electron chi connectivity index (χ2n) is 6.68. The van der Waals surface area contributed by atoms with Crippen LogP contribution in [0.1, 0.15) is 13.8 Å². The monoisotopic (exact) mass is 357 g/mol. The molecule has 0 aliphatic rings. The molecule has 26 heavy (non-hydrogen) atoms. The van der Waals surface area contributed by atoms with Crippen LogP contribution in [0.3, 0.4) is 0 Å². The van der Waals surface area contributed by atoms with Crippen molar-refractivity contribution in [2.45, 2.75) is 20.4 Å². The Hall–Kier alpha value is -2.67. The largest absolute Gasteiger partial charge is 0.448 e. The SMILES string of the molecule is COCCN(CC(C)C)C(=O)Cn1cnc2c(oc3ccccc32)c1=O. The maximum absolute atomic E-state index is 12.7. The first-order chi connectivity index (χ1) is 12.5. The molecule has 1 aromatic carbocycles. The van der Waals surface area contributed by atoms with Crippen molar-refractivity contribution in [1.29, 1.82) is 0 Å². The average molecular weight is 357 g/mol. The molecule has 0 unspecified atom stereocenters. The van der Waals surface area contributed by atoms with Gasteiger partial charge in [0.05, 0.1) is 12.9 Å². The lowest BCUT2D eigenvalue weighted by atomic mass is 10.2. The van der Waals surface area contributed by atoms with Crippen molar-refractivity contribution in [1.82, 2.24) is 14.5 Å². The number of aromatic nitrogens is 2. The van der Waals surface area contributed by atoms with Gasteiger partial charge in [-0.15, -0.1) is 0 Å². The van der Waals surface area contributed by atoms with Crippen LogP contribution in [0.2, 0.25) is 0 Å². The first kappa shape index (κ1) is 18.1. The summed E-state index contributed by atoms with van der Waals surface area (Å²) in [5.74, 6) is 0.179. The van der Waals surface area contributed by atoms with Crippen molar-refractivity contribution in [2.75, 3.05) is 26.8 Å². The molecule has 1 amide bonds. The summed E-state index contributed by atoms with van der Waals surface area (Å²) in [5.41, 5.74) is 0.954. The van der Waals surface area contributed by atoms with Gasteiger partial charge in [0.15, 0.2) is 0 Å². The lowest BCUT2D eigenvalue weighted by Gasteiger charge is -2.24. The third kappa shape index (κ3) is 3.62. The zero-order chi connectivity index (χ0) is 18.7. The molecule has 0 saturated carbocycles. The van der Waals surface area contributed by atoms with E-state index in [4.69, 9.17) is 9.15 Å². The van der Waals surface area contributed by atoms with Gasteiger partial charge in [-0.25, -0.2) is 4.98 Å². The van der Waals surface area contributed by atoms with Gasteiger partial charge in [-0.2, -0.15) is 0 Å². The van der Waals surface area contributed by atoms with E-state index in [1.165, 1.54) is 10.9 Å². The summed E-state index contributed by atoms with van der Waals surface area (Å²) in [7, 11) is 1.60. The fourth-order valence-electron chi connectivity index (χ4n) is 2.93. The topological polar surface area (TPSA) is 77.6 Å². The van der Waals surface area contributed by atoms with Crippen molar-refractivity contribution in [2.24, 2.45) is 5.92 Å². The van der Waals surface area contributed by atoms with Crippen LogP contribution in [0, 0.1) is 5.92 Å². The highest BCUT2D eigenvalue weighted by Crippen LogP contribution is 2.23. The first-order valence-corrected chi connectivity index (χ1v) is 8.64. The summed E-state index contributed by atoms with van der Waals surface area (Å²) in [4.78, 5) is 31.4. The molecule has 0 saturated heterocycles. The van der Waals surface area contributed by atoms with E-state index in [1.54, 1.807) is 18.1 Å². The number of carbonyl (C=O) groups excluding carboxylic acids is 1. The molecule has 0 fully saturated rings. The summed E-state index contributed by atoms with van der Waals surface area (Å²) in [6.07, 6.45) is 1.41. The molecule has 138 valence electrons. The third-order valence-electron chi connectivity index (χ3n) is 4.16. The normalized spacial score (nSPS) is 11.5. The molecule has 0 bridgehead atoms. The zero-order valence-corrected chi connectivity index (χ0v) is 15.3. The van der Waals surface area contributed by atoms with Crippen LogP contribution in [-0.4, -0.2) is 47.2 Å². The van der Waals surface area contributed by atoms with E-state index in [9.17, 15) is 9.59 Å². The van der Waals surface area contributed by atoms with Crippen LogP contribution >= 0.6 is 0 Å². The molecule has 3 rings (SSSR count). The van der Waals surface area contributed by atoms with E-state index >= 15 is 0 Å². The van der Waals surface area contributed by atoms with Crippen molar-refractivity contribution >= 4 is 28.0 Å². The molecular formula is C19H23N3O4. The van der Waals surface area contributed by atoms with Crippen LogP contribution in [-0.2, 0) is 16.1 Å². The molecule has 0 aliphatic carbocycles. The Balaban J connectivity index is 1.90. The maximum atomic E-state index is 12.7. The highest BCUT2D eigenvalue weighted by Gasteiger charge is 2.18. The minimum Gasteiger partial charge on any atom is -0.448 e. The molecule has 0 aliphatic heterocycles. The Kier molecular flexibility index (Phi) is 5.37. The van der Waals surface area contributed by atoms with Gasteiger partial charge in [0.1, 0.15) is 17.6 Å². The molecule has 7 heteroatoms. The summed E-state index contributed by atoms with van der Waals surface area (Å²) in [5, 5.41) is 0.791. The molecule has 0 spiro atoms. The number of hydrogen-bond acceptors (Lipinski definition) is 5. The molecule has 0 N–H and O–H groups in total. The number of rotatable bonds is 7. The van der Waals surface area contributed by atoms with Crippen LogP contribution in [0.25, 0.3) is 22.1 Å². The van der Waals surface area contributed by atoms with Crippen molar-refractivity contribution in [3.63, 3.8) is 0 Å². The second kappa shape index (κ2) is 7.70. The number of amides is 1. The molecule has 0 radical (unpaired) electrons. The first-order valence-electron chi connectivity index (χ1n) is 8.64. The van der Waals surface area contributed by atoms with Crippen LogP contribution in [0.4, 0.5) is 0 Å². The number of nitrogens with zero attached hydrogens (tertiary/aromatic N) is 3. The second-order valence-corrected chi connectivity index (χ2v) is 6.68. The number of furan rings is 1. The molecule has 3 aromatic rings. The van der Waals surface area contributed by atoms with E-state index in [0.29, 0.717) is 36.7 Å². The fraction of sp³-hybridized carbons (Fsp3) is 0.421. The summed E-state index contributed by atoms with van der Waals surface area (Å²) in [6, 6.07) is 7.36. The molecule has 2 heterocycles. The van der Waals surface area contributed by atoms with Crippen LogP contribution < -0.4 is 5.56 Å². The molecule has 0 atom stereocenters. The van der Waals surface area contributed by atoms with Gasteiger partial charge in [-0.3, -0.25) is 14.2 Å². The number of carbonyl (C=O) groups is 1. The summed E-state index contributed by atoms with van der Waals surface area (Å²) < 4.78 is 12.0. The predicted octanol–water partition coefficient (Wildman–Crippen LogP) is 2.27. The number of fused-ring (bicyclic) bond motifs is 3. The Bertz CT molecular complexity index is 974. The number of para-hydroxylation sites is 1. The van der Waals surface area contributed by atoms with Crippen molar-refractivity contribution in [3.8, 4) is 0 Å². The van der Waals surface area contributed by atoms with E-state index in [-0.39, 0.29) is 23.6 Å². The highest BCUT2D eigenvalue weighted by molar-refractivity contribution is 6.01. The van der Waals surface area contributed by atoms with Gasteiger partial charge in [-0.1, -0.05) is 26.0 Å². The van der Waals surface area contributed by atoms with E-state index in [2.05, 4.69) is 4.98 Å². The lowest BCUT2D eigenvalue weighted by Crippen LogP contribution is -2.40. The van der Waals surface area contributed by atoms with Crippen LogP contribution in [0.15, 0.2) is 39.8 Å². The Labute approximate surface area is 151 Å². The van der Waals surface area contributed by atoms with Gasteiger partial charge in [-0.05, 0) is 18.1 Å². The van der Waals surface area contributed by atoms with Crippen molar-refractivity contribution in [3.05, 3.63) is 40.9 Å². The Morgan fingerprint density at radius 1 is 1.35 bits per heavy atom. The van der Waals surface area contributed by atoms with E-state index in [1.807, 2.05) is 32.0 Å². The number of benzene rings is 1. The van der Waals surface area contributed by atoms with E-state index < -0.39 is 0 Å².